The molecule has 20 heavy (non-hydrogen) atoms. The molecule has 0 amide bonds. The van der Waals surface area contributed by atoms with E-state index in [0.717, 1.165) is 41.5 Å². The molecule has 2 aromatic heterocycles. The molecule has 4 nitrogen and oxygen atoms in total. The molecule has 2 rings (SSSR count). The third-order valence-electron chi connectivity index (χ3n) is 3.15. The van der Waals surface area contributed by atoms with Gasteiger partial charge in [0, 0.05) is 17.6 Å². The topological polar surface area (TPSA) is 39.9 Å². The van der Waals surface area contributed by atoms with Crippen molar-refractivity contribution in [2.24, 2.45) is 0 Å². The Morgan fingerprint density at radius 2 is 2.10 bits per heavy atom. The van der Waals surface area contributed by atoms with Crippen LogP contribution in [0.3, 0.4) is 0 Å². The molecule has 0 aliphatic heterocycles. The minimum atomic E-state index is 0.519. The smallest absolute Gasteiger partial charge is 0.142 e. The van der Waals surface area contributed by atoms with Crippen molar-refractivity contribution in [2.75, 3.05) is 0 Å². The summed E-state index contributed by atoms with van der Waals surface area (Å²) in [5.41, 5.74) is 4.14. The first-order valence-corrected chi connectivity index (χ1v) is 8.01. The third-order valence-corrected chi connectivity index (χ3v) is 3.68. The van der Waals surface area contributed by atoms with Gasteiger partial charge in [-0.1, -0.05) is 22.9 Å². The highest BCUT2D eigenvalue weighted by Crippen LogP contribution is 2.21. The fourth-order valence-electron chi connectivity index (χ4n) is 2.05. The average Bonchev–Trinajstić information content (AvgIpc) is 2.88. The minimum absolute atomic E-state index is 0.519. The number of aryl methyl sites for hydroxylation is 3. The van der Waals surface area contributed by atoms with Crippen LogP contribution in [-0.2, 0) is 24.9 Å². The molecule has 0 fully saturated rings. The number of hydrogen-bond donors (Lipinski definition) is 0. The number of pyridine rings is 1. The van der Waals surface area contributed by atoms with E-state index in [1.54, 1.807) is 0 Å². The molecule has 0 saturated carbocycles. The lowest BCUT2D eigenvalue weighted by molar-refractivity contribution is 0.289. The molecule has 0 aromatic carbocycles. The zero-order valence-electron chi connectivity index (χ0n) is 12.2. The number of hydrogen-bond acceptors (Lipinski definition) is 3. The zero-order valence-corrected chi connectivity index (χ0v) is 13.8. The molecule has 0 aliphatic carbocycles. The third kappa shape index (κ3) is 3.39. The Kier molecular flexibility index (Phi) is 5.17. The van der Waals surface area contributed by atoms with Crippen LogP contribution in [0.25, 0.3) is 0 Å². The monoisotopic (exact) mass is 337 g/mol. The first-order chi connectivity index (χ1) is 9.67. The van der Waals surface area contributed by atoms with Gasteiger partial charge in [0.25, 0.3) is 0 Å². The standard InChI is InChI=1S/C15H20BrN3O/c1-4-12-8-13(19(5-2)18-12)10-20-15-7-6-11(3)17-14(15)9-16/h6-8H,4-5,9-10H2,1-3H3. The van der Waals surface area contributed by atoms with E-state index in [4.69, 9.17) is 4.74 Å². The van der Waals surface area contributed by atoms with Gasteiger partial charge in [0.05, 0.1) is 17.1 Å². The van der Waals surface area contributed by atoms with E-state index in [-0.39, 0.29) is 0 Å². The van der Waals surface area contributed by atoms with E-state index in [1.165, 1.54) is 0 Å². The van der Waals surface area contributed by atoms with Gasteiger partial charge in [-0.05, 0) is 38.5 Å². The first-order valence-electron chi connectivity index (χ1n) is 6.88. The van der Waals surface area contributed by atoms with Crippen LogP contribution in [0, 0.1) is 6.92 Å². The van der Waals surface area contributed by atoms with Crippen molar-refractivity contribution in [3.05, 3.63) is 41.0 Å². The molecule has 0 unspecified atom stereocenters. The Bertz CT molecular complexity index is 580. The van der Waals surface area contributed by atoms with Crippen LogP contribution in [0.15, 0.2) is 18.2 Å². The number of halogens is 1. The van der Waals surface area contributed by atoms with Crippen LogP contribution < -0.4 is 4.74 Å². The average molecular weight is 338 g/mol. The second kappa shape index (κ2) is 6.88. The summed E-state index contributed by atoms with van der Waals surface area (Å²) >= 11 is 3.45. The number of ether oxygens (including phenoxy) is 1. The molecular formula is C15H20BrN3O. The van der Waals surface area contributed by atoms with Crippen molar-refractivity contribution < 1.29 is 4.74 Å². The number of rotatable bonds is 6. The van der Waals surface area contributed by atoms with E-state index in [9.17, 15) is 0 Å². The Balaban J connectivity index is 2.14. The summed E-state index contributed by atoms with van der Waals surface area (Å²) < 4.78 is 7.91. The Morgan fingerprint density at radius 3 is 2.75 bits per heavy atom. The molecule has 2 heterocycles. The summed E-state index contributed by atoms with van der Waals surface area (Å²) in [6, 6.07) is 6.06. The second-order valence-electron chi connectivity index (χ2n) is 4.62. The molecule has 108 valence electrons. The maximum absolute atomic E-state index is 5.92. The van der Waals surface area contributed by atoms with E-state index in [1.807, 2.05) is 23.7 Å². The molecule has 5 heteroatoms. The minimum Gasteiger partial charge on any atom is -0.485 e. The lowest BCUT2D eigenvalue weighted by atomic mass is 10.3. The summed E-state index contributed by atoms with van der Waals surface area (Å²) in [7, 11) is 0. The zero-order chi connectivity index (χ0) is 14.5. The Labute approximate surface area is 128 Å². The van der Waals surface area contributed by atoms with Gasteiger partial charge in [0.2, 0.25) is 0 Å². The molecule has 0 atom stereocenters. The Morgan fingerprint density at radius 1 is 1.30 bits per heavy atom. The van der Waals surface area contributed by atoms with Gasteiger partial charge in [-0.2, -0.15) is 5.10 Å². The van der Waals surface area contributed by atoms with Crippen molar-refractivity contribution in [1.29, 1.82) is 0 Å². The summed E-state index contributed by atoms with van der Waals surface area (Å²) in [5.74, 6) is 0.828. The summed E-state index contributed by atoms with van der Waals surface area (Å²) in [6.45, 7) is 7.56. The molecular weight excluding hydrogens is 318 g/mol. The highest BCUT2D eigenvalue weighted by Gasteiger charge is 2.09. The van der Waals surface area contributed by atoms with Gasteiger partial charge in [-0.15, -0.1) is 0 Å². The van der Waals surface area contributed by atoms with Crippen LogP contribution in [0.5, 0.6) is 5.75 Å². The van der Waals surface area contributed by atoms with Crippen molar-refractivity contribution in [3.63, 3.8) is 0 Å². The van der Waals surface area contributed by atoms with Gasteiger partial charge in [-0.25, -0.2) is 0 Å². The summed E-state index contributed by atoms with van der Waals surface area (Å²) in [5, 5.41) is 5.22. The van der Waals surface area contributed by atoms with Crippen molar-refractivity contribution in [1.82, 2.24) is 14.8 Å². The summed E-state index contributed by atoms with van der Waals surface area (Å²) in [4.78, 5) is 4.47. The molecule has 0 bridgehead atoms. The number of aromatic nitrogens is 3. The SMILES string of the molecule is CCc1cc(COc2ccc(C)nc2CBr)n(CC)n1. The second-order valence-corrected chi connectivity index (χ2v) is 5.18. The number of alkyl halides is 1. The predicted octanol–water partition coefficient (Wildman–Crippen LogP) is 3.64. The normalized spacial score (nSPS) is 10.8. The lowest BCUT2D eigenvalue weighted by Gasteiger charge is -2.10. The molecule has 0 spiro atoms. The first kappa shape index (κ1) is 15.0. The molecule has 0 radical (unpaired) electrons. The van der Waals surface area contributed by atoms with Gasteiger partial charge in [0.1, 0.15) is 12.4 Å². The lowest BCUT2D eigenvalue weighted by Crippen LogP contribution is -2.07. The quantitative estimate of drug-likeness (QED) is 0.755. The maximum Gasteiger partial charge on any atom is 0.142 e. The maximum atomic E-state index is 5.92. The predicted molar refractivity (Wildman–Crippen MR) is 83.2 cm³/mol. The van der Waals surface area contributed by atoms with E-state index >= 15 is 0 Å². The van der Waals surface area contributed by atoms with Crippen LogP contribution in [0.1, 0.15) is 36.6 Å². The van der Waals surface area contributed by atoms with Gasteiger partial charge in [-0.3, -0.25) is 9.67 Å². The highest BCUT2D eigenvalue weighted by molar-refractivity contribution is 9.08. The van der Waals surface area contributed by atoms with Crippen molar-refractivity contribution in [2.45, 2.75) is 45.7 Å². The number of nitrogens with zero attached hydrogens (tertiary/aromatic N) is 3. The summed E-state index contributed by atoms with van der Waals surface area (Å²) in [6.07, 6.45) is 0.943. The largest absolute Gasteiger partial charge is 0.485 e. The molecule has 0 aliphatic rings. The van der Waals surface area contributed by atoms with Crippen LogP contribution in [0.4, 0.5) is 0 Å². The van der Waals surface area contributed by atoms with Gasteiger partial charge >= 0.3 is 0 Å². The van der Waals surface area contributed by atoms with Crippen LogP contribution in [-0.4, -0.2) is 14.8 Å². The fraction of sp³-hybridized carbons (Fsp3) is 0.467. The molecule has 0 N–H and O–H groups in total. The van der Waals surface area contributed by atoms with E-state index in [2.05, 4.69) is 45.9 Å². The molecule has 0 saturated heterocycles. The van der Waals surface area contributed by atoms with E-state index < -0.39 is 0 Å². The highest BCUT2D eigenvalue weighted by atomic mass is 79.9. The Hall–Kier alpha value is -1.36. The molecule has 2 aromatic rings. The van der Waals surface area contributed by atoms with Crippen molar-refractivity contribution >= 4 is 15.9 Å². The van der Waals surface area contributed by atoms with Crippen molar-refractivity contribution in [3.8, 4) is 5.75 Å². The van der Waals surface area contributed by atoms with Gasteiger partial charge < -0.3 is 4.74 Å². The van der Waals surface area contributed by atoms with Crippen LogP contribution in [0.2, 0.25) is 0 Å². The fourth-order valence-corrected chi connectivity index (χ4v) is 2.46. The van der Waals surface area contributed by atoms with E-state index in [0.29, 0.717) is 11.9 Å². The van der Waals surface area contributed by atoms with Crippen LogP contribution >= 0.6 is 15.9 Å². The van der Waals surface area contributed by atoms with Gasteiger partial charge in [0.15, 0.2) is 0 Å².